The second-order valence-electron chi connectivity index (χ2n) is 5.58. The van der Waals surface area contributed by atoms with E-state index in [1.165, 1.54) is 11.3 Å². The van der Waals surface area contributed by atoms with Crippen LogP contribution in [-0.4, -0.2) is 40.1 Å². The molecule has 3 rings (SSSR count). The van der Waals surface area contributed by atoms with Gasteiger partial charge in [0.25, 0.3) is 0 Å². The zero-order valence-electron chi connectivity index (χ0n) is 12.4. The van der Waals surface area contributed by atoms with Crippen molar-refractivity contribution in [3.8, 4) is 10.6 Å². The van der Waals surface area contributed by atoms with Gasteiger partial charge in [-0.15, -0.1) is 11.3 Å². The molecule has 1 unspecified atom stereocenters. The topological polar surface area (TPSA) is 66.6 Å². The fraction of sp³-hybridized carbons (Fsp3) is 0.500. The smallest absolute Gasteiger partial charge is 0.228 e. The highest BCUT2D eigenvalue weighted by molar-refractivity contribution is 7.13. The Kier molecular flexibility index (Phi) is 4.90. The van der Waals surface area contributed by atoms with Crippen LogP contribution in [0.25, 0.3) is 10.6 Å². The monoisotopic (exact) mass is 320 g/mol. The molecule has 1 amide bonds. The summed E-state index contributed by atoms with van der Waals surface area (Å²) in [5, 5.41) is 12.0. The van der Waals surface area contributed by atoms with Gasteiger partial charge in [-0.05, 0) is 31.7 Å². The Morgan fingerprint density at radius 3 is 3.18 bits per heavy atom. The molecule has 118 valence electrons. The maximum absolute atomic E-state index is 12.5. The number of aliphatic hydroxyl groups is 1. The molecule has 22 heavy (non-hydrogen) atoms. The third-order valence-electron chi connectivity index (χ3n) is 4.06. The number of furan rings is 1. The lowest BCUT2D eigenvalue weighted by atomic mass is 9.99. The van der Waals surface area contributed by atoms with E-state index in [9.17, 15) is 4.79 Å². The first-order valence-electron chi connectivity index (χ1n) is 7.65. The summed E-state index contributed by atoms with van der Waals surface area (Å²) < 4.78 is 5.06. The molecule has 2 aromatic heterocycles. The van der Waals surface area contributed by atoms with E-state index < -0.39 is 0 Å². The molecule has 3 heterocycles. The van der Waals surface area contributed by atoms with Crippen LogP contribution in [0, 0.1) is 0 Å². The van der Waals surface area contributed by atoms with Crippen LogP contribution in [0.3, 0.4) is 0 Å². The highest BCUT2D eigenvalue weighted by Gasteiger charge is 2.26. The van der Waals surface area contributed by atoms with Gasteiger partial charge in [0, 0.05) is 30.1 Å². The van der Waals surface area contributed by atoms with Crippen molar-refractivity contribution < 1.29 is 14.3 Å². The van der Waals surface area contributed by atoms with Gasteiger partial charge in [0.2, 0.25) is 5.91 Å². The fourth-order valence-electron chi connectivity index (χ4n) is 2.94. The Labute approximate surface area is 133 Å². The molecule has 6 heteroatoms. The third-order valence-corrected chi connectivity index (χ3v) is 5.00. The maximum Gasteiger partial charge on any atom is 0.228 e. The summed E-state index contributed by atoms with van der Waals surface area (Å²) in [5.74, 6) is 0.113. The van der Waals surface area contributed by atoms with Crippen molar-refractivity contribution in [2.75, 3.05) is 13.2 Å². The molecule has 1 atom stereocenters. The Bertz CT molecular complexity index is 607. The highest BCUT2D eigenvalue weighted by atomic mass is 32.1. The number of carbonyl (C=O) groups is 1. The standard InChI is InChI=1S/C16H20N2O3S/c19-7-4-14-3-1-2-6-18(14)15(20)9-13-11-22-16(17-13)12-5-8-21-10-12/h5,8,10-11,14,19H,1-4,6-7,9H2. The lowest BCUT2D eigenvalue weighted by Crippen LogP contribution is -2.44. The minimum absolute atomic E-state index is 0.113. The largest absolute Gasteiger partial charge is 0.472 e. The summed E-state index contributed by atoms with van der Waals surface area (Å²) in [6, 6.07) is 2.05. The first-order valence-corrected chi connectivity index (χ1v) is 8.53. The fourth-order valence-corrected chi connectivity index (χ4v) is 3.75. The lowest BCUT2D eigenvalue weighted by Gasteiger charge is -2.35. The van der Waals surface area contributed by atoms with Crippen molar-refractivity contribution in [1.82, 2.24) is 9.88 Å². The highest BCUT2D eigenvalue weighted by Crippen LogP contribution is 2.25. The van der Waals surface area contributed by atoms with Crippen molar-refractivity contribution in [2.24, 2.45) is 0 Å². The van der Waals surface area contributed by atoms with Gasteiger partial charge in [-0.2, -0.15) is 0 Å². The number of piperidine rings is 1. The number of aliphatic hydroxyl groups excluding tert-OH is 1. The van der Waals surface area contributed by atoms with Gasteiger partial charge in [-0.1, -0.05) is 0 Å². The van der Waals surface area contributed by atoms with Gasteiger partial charge in [-0.3, -0.25) is 4.79 Å². The van der Waals surface area contributed by atoms with Crippen molar-refractivity contribution in [3.05, 3.63) is 29.7 Å². The second-order valence-corrected chi connectivity index (χ2v) is 6.44. The van der Waals surface area contributed by atoms with Gasteiger partial charge in [0.15, 0.2) is 0 Å². The van der Waals surface area contributed by atoms with Gasteiger partial charge in [-0.25, -0.2) is 4.98 Å². The second kappa shape index (κ2) is 7.07. The Morgan fingerprint density at radius 1 is 1.50 bits per heavy atom. The number of carbonyl (C=O) groups excluding carboxylic acids is 1. The molecule has 1 fully saturated rings. The van der Waals surface area contributed by atoms with Crippen LogP contribution >= 0.6 is 11.3 Å². The molecule has 2 aromatic rings. The Hall–Kier alpha value is -1.66. The summed E-state index contributed by atoms with van der Waals surface area (Å²) in [6.45, 7) is 0.929. The van der Waals surface area contributed by atoms with Crippen LogP contribution < -0.4 is 0 Å². The minimum atomic E-state index is 0.113. The zero-order chi connectivity index (χ0) is 15.4. The van der Waals surface area contributed by atoms with E-state index in [0.29, 0.717) is 12.8 Å². The SMILES string of the molecule is O=C(Cc1csc(-c2ccoc2)n1)N1CCCCC1CCO. The van der Waals surface area contributed by atoms with Gasteiger partial charge < -0.3 is 14.4 Å². The molecule has 0 radical (unpaired) electrons. The summed E-state index contributed by atoms with van der Waals surface area (Å²) >= 11 is 1.53. The predicted molar refractivity (Wildman–Crippen MR) is 84.6 cm³/mol. The average Bonchev–Trinajstić information content (AvgIpc) is 3.19. The van der Waals surface area contributed by atoms with E-state index in [1.54, 1.807) is 12.5 Å². The number of thiazole rings is 1. The molecular weight excluding hydrogens is 300 g/mol. The van der Waals surface area contributed by atoms with Crippen LogP contribution in [0.2, 0.25) is 0 Å². The van der Waals surface area contributed by atoms with Crippen LogP contribution in [0.4, 0.5) is 0 Å². The number of likely N-dealkylation sites (tertiary alicyclic amines) is 1. The normalized spacial score (nSPS) is 18.6. The zero-order valence-corrected chi connectivity index (χ0v) is 13.2. The number of nitrogens with zero attached hydrogens (tertiary/aromatic N) is 2. The molecule has 0 aromatic carbocycles. The summed E-state index contributed by atoms with van der Waals surface area (Å²) in [7, 11) is 0. The summed E-state index contributed by atoms with van der Waals surface area (Å²) in [6.07, 6.45) is 7.45. The molecule has 0 spiro atoms. The van der Waals surface area contributed by atoms with Gasteiger partial charge >= 0.3 is 0 Å². The molecule has 0 aliphatic carbocycles. The third kappa shape index (κ3) is 3.39. The van der Waals surface area contributed by atoms with Crippen molar-refractivity contribution in [2.45, 2.75) is 38.1 Å². The molecule has 0 bridgehead atoms. The van der Waals surface area contributed by atoms with Crippen LogP contribution in [-0.2, 0) is 11.2 Å². The Balaban J connectivity index is 1.65. The summed E-state index contributed by atoms with van der Waals surface area (Å²) in [4.78, 5) is 19.0. The molecular formula is C16H20N2O3S. The van der Waals surface area contributed by atoms with E-state index >= 15 is 0 Å². The van der Waals surface area contributed by atoms with Crippen LogP contribution in [0.15, 0.2) is 28.4 Å². The molecule has 1 aliphatic rings. The van der Waals surface area contributed by atoms with E-state index in [0.717, 1.165) is 42.1 Å². The van der Waals surface area contributed by atoms with Crippen molar-refractivity contribution in [1.29, 1.82) is 0 Å². The number of hydrogen-bond donors (Lipinski definition) is 1. The molecule has 0 saturated carbocycles. The predicted octanol–water partition coefficient (Wildman–Crippen LogP) is 2.71. The Morgan fingerprint density at radius 2 is 2.41 bits per heavy atom. The molecule has 1 saturated heterocycles. The average molecular weight is 320 g/mol. The van der Waals surface area contributed by atoms with Crippen molar-refractivity contribution >= 4 is 17.2 Å². The van der Waals surface area contributed by atoms with Gasteiger partial charge in [0.05, 0.1) is 18.4 Å². The molecule has 1 aliphatic heterocycles. The number of amides is 1. The first-order chi connectivity index (χ1) is 10.8. The van der Waals surface area contributed by atoms with Gasteiger partial charge in [0.1, 0.15) is 11.3 Å². The minimum Gasteiger partial charge on any atom is -0.472 e. The first kappa shape index (κ1) is 15.2. The van der Waals surface area contributed by atoms with E-state index in [2.05, 4.69) is 4.98 Å². The number of aromatic nitrogens is 1. The summed E-state index contributed by atoms with van der Waals surface area (Å²) in [5.41, 5.74) is 1.75. The molecule has 1 N–H and O–H groups in total. The van der Waals surface area contributed by atoms with Crippen molar-refractivity contribution in [3.63, 3.8) is 0 Å². The van der Waals surface area contributed by atoms with E-state index in [1.807, 2.05) is 16.3 Å². The quantitative estimate of drug-likeness (QED) is 0.920. The van der Waals surface area contributed by atoms with Crippen LogP contribution in [0.5, 0.6) is 0 Å². The van der Waals surface area contributed by atoms with E-state index in [4.69, 9.17) is 9.52 Å². The van der Waals surface area contributed by atoms with E-state index in [-0.39, 0.29) is 18.6 Å². The van der Waals surface area contributed by atoms with Crippen LogP contribution in [0.1, 0.15) is 31.4 Å². The maximum atomic E-state index is 12.5. The number of rotatable bonds is 5. The lowest BCUT2D eigenvalue weighted by molar-refractivity contribution is -0.134. The number of hydrogen-bond acceptors (Lipinski definition) is 5. The molecule has 5 nitrogen and oxygen atoms in total.